The first-order valence-electron chi connectivity index (χ1n) is 7.85. The number of hydrogen-bond acceptors (Lipinski definition) is 4. The van der Waals surface area contributed by atoms with Gasteiger partial charge < -0.3 is 4.74 Å². The van der Waals surface area contributed by atoms with Crippen molar-refractivity contribution in [3.05, 3.63) is 81.9 Å². The average molecular weight is 373 g/mol. The SMILES string of the molecule is CCOc1ccc(-n2ccnc(SCc3cccc(Cl)c3)c2=O)cc1. The third-order valence-corrected chi connectivity index (χ3v) is 4.77. The van der Waals surface area contributed by atoms with E-state index in [0.717, 1.165) is 17.0 Å². The Balaban J connectivity index is 1.81. The summed E-state index contributed by atoms with van der Waals surface area (Å²) in [6, 6.07) is 15.0. The van der Waals surface area contributed by atoms with Crippen LogP contribution < -0.4 is 10.3 Å². The molecule has 0 saturated carbocycles. The zero-order valence-corrected chi connectivity index (χ0v) is 15.3. The lowest BCUT2D eigenvalue weighted by atomic mass is 10.2. The van der Waals surface area contributed by atoms with Gasteiger partial charge in [-0.2, -0.15) is 0 Å². The molecule has 3 rings (SSSR count). The van der Waals surface area contributed by atoms with Crippen molar-refractivity contribution in [2.24, 2.45) is 0 Å². The minimum atomic E-state index is -0.140. The van der Waals surface area contributed by atoms with Gasteiger partial charge in [-0.3, -0.25) is 9.36 Å². The van der Waals surface area contributed by atoms with E-state index in [1.54, 1.807) is 17.0 Å². The van der Waals surface area contributed by atoms with Gasteiger partial charge in [-0.25, -0.2) is 4.98 Å². The highest BCUT2D eigenvalue weighted by Gasteiger charge is 2.08. The van der Waals surface area contributed by atoms with Gasteiger partial charge in [0.1, 0.15) is 5.75 Å². The largest absolute Gasteiger partial charge is 0.494 e. The molecule has 6 heteroatoms. The normalized spacial score (nSPS) is 10.6. The van der Waals surface area contributed by atoms with Crippen molar-refractivity contribution >= 4 is 23.4 Å². The minimum absolute atomic E-state index is 0.140. The molecule has 0 N–H and O–H groups in total. The molecular weight excluding hydrogens is 356 g/mol. The molecule has 3 aromatic rings. The predicted octanol–water partition coefficient (Wildman–Crippen LogP) is 4.58. The molecule has 0 saturated heterocycles. The van der Waals surface area contributed by atoms with E-state index in [-0.39, 0.29) is 5.56 Å². The van der Waals surface area contributed by atoms with Crippen LogP contribution in [0.25, 0.3) is 5.69 Å². The monoisotopic (exact) mass is 372 g/mol. The van der Waals surface area contributed by atoms with Crippen LogP contribution in [0.4, 0.5) is 0 Å². The third kappa shape index (κ3) is 4.44. The van der Waals surface area contributed by atoms with E-state index in [4.69, 9.17) is 16.3 Å². The summed E-state index contributed by atoms with van der Waals surface area (Å²) < 4.78 is 7.02. The fourth-order valence-corrected chi connectivity index (χ4v) is 3.40. The van der Waals surface area contributed by atoms with Crippen LogP contribution in [-0.2, 0) is 5.75 Å². The van der Waals surface area contributed by atoms with Crippen LogP contribution in [0.1, 0.15) is 12.5 Å². The summed E-state index contributed by atoms with van der Waals surface area (Å²) in [5.74, 6) is 1.42. The van der Waals surface area contributed by atoms with E-state index in [1.807, 2.05) is 55.5 Å². The molecule has 0 atom stereocenters. The molecule has 128 valence electrons. The van der Waals surface area contributed by atoms with Gasteiger partial charge in [-0.05, 0) is 48.9 Å². The Kier molecular flexibility index (Phi) is 5.79. The Morgan fingerprint density at radius 3 is 2.72 bits per heavy atom. The van der Waals surface area contributed by atoms with Crippen LogP contribution in [0.15, 0.2) is 70.7 Å². The summed E-state index contributed by atoms with van der Waals surface area (Å²) in [5, 5.41) is 1.14. The summed E-state index contributed by atoms with van der Waals surface area (Å²) in [7, 11) is 0. The van der Waals surface area contributed by atoms with Crippen molar-refractivity contribution in [2.45, 2.75) is 17.7 Å². The second-order valence-corrected chi connectivity index (χ2v) is 6.65. The number of rotatable bonds is 6. The number of thioether (sulfide) groups is 1. The first-order valence-corrected chi connectivity index (χ1v) is 9.22. The summed E-state index contributed by atoms with van der Waals surface area (Å²) in [4.78, 5) is 16.9. The predicted molar refractivity (Wildman–Crippen MR) is 102 cm³/mol. The summed E-state index contributed by atoms with van der Waals surface area (Å²) in [5.41, 5.74) is 1.69. The smallest absolute Gasteiger partial charge is 0.287 e. The second-order valence-electron chi connectivity index (χ2n) is 5.25. The Bertz CT molecular complexity index is 910. The molecule has 0 aliphatic rings. The van der Waals surface area contributed by atoms with Gasteiger partial charge in [0.15, 0.2) is 5.03 Å². The summed E-state index contributed by atoms with van der Waals surface area (Å²) in [6.07, 6.45) is 3.31. The van der Waals surface area contributed by atoms with E-state index in [0.29, 0.717) is 22.4 Å². The Hall–Kier alpha value is -2.24. The Morgan fingerprint density at radius 2 is 2.00 bits per heavy atom. The average Bonchev–Trinajstić information content (AvgIpc) is 2.62. The number of aromatic nitrogens is 2. The molecule has 0 amide bonds. The van der Waals surface area contributed by atoms with Crippen LogP contribution in [0.5, 0.6) is 5.75 Å². The highest BCUT2D eigenvalue weighted by Crippen LogP contribution is 2.21. The van der Waals surface area contributed by atoms with E-state index in [2.05, 4.69) is 4.98 Å². The lowest BCUT2D eigenvalue weighted by Crippen LogP contribution is -2.20. The number of benzene rings is 2. The highest BCUT2D eigenvalue weighted by molar-refractivity contribution is 7.98. The van der Waals surface area contributed by atoms with E-state index >= 15 is 0 Å². The molecule has 0 unspecified atom stereocenters. The fraction of sp³-hybridized carbons (Fsp3) is 0.158. The topological polar surface area (TPSA) is 44.1 Å². The van der Waals surface area contributed by atoms with Gasteiger partial charge >= 0.3 is 0 Å². The standard InChI is InChI=1S/C19H17ClN2O2S/c1-2-24-17-8-6-16(7-9-17)22-11-10-21-18(19(22)23)25-13-14-4-3-5-15(20)12-14/h3-12H,2,13H2,1H3. The number of halogens is 1. The van der Waals surface area contributed by atoms with Gasteiger partial charge in [0.25, 0.3) is 5.56 Å². The quantitative estimate of drug-likeness (QED) is 0.594. The molecule has 1 heterocycles. The van der Waals surface area contributed by atoms with Gasteiger partial charge in [0.05, 0.1) is 6.61 Å². The summed E-state index contributed by atoms with van der Waals surface area (Å²) in [6.45, 7) is 2.55. The molecule has 0 bridgehead atoms. The summed E-state index contributed by atoms with van der Waals surface area (Å²) >= 11 is 7.40. The molecule has 0 aliphatic carbocycles. The molecule has 25 heavy (non-hydrogen) atoms. The Labute approximate surface area is 155 Å². The van der Waals surface area contributed by atoms with Crippen molar-refractivity contribution < 1.29 is 4.74 Å². The molecule has 0 spiro atoms. The zero-order chi connectivity index (χ0) is 17.6. The highest BCUT2D eigenvalue weighted by atomic mass is 35.5. The van der Waals surface area contributed by atoms with Crippen molar-refractivity contribution in [3.8, 4) is 11.4 Å². The van der Waals surface area contributed by atoms with Gasteiger partial charge in [-0.1, -0.05) is 35.5 Å². The lowest BCUT2D eigenvalue weighted by molar-refractivity contribution is 0.340. The third-order valence-electron chi connectivity index (χ3n) is 3.50. The van der Waals surface area contributed by atoms with Crippen molar-refractivity contribution in [1.29, 1.82) is 0 Å². The number of hydrogen-bond donors (Lipinski definition) is 0. The van der Waals surface area contributed by atoms with E-state index < -0.39 is 0 Å². The molecule has 0 aliphatic heterocycles. The second kappa shape index (κ2) is 8.23. The molecule has 0 fully saturated rings. The number of nitrogens with zero attached hydrogens (tertiary/aromatic N) is 2. The maximum Gasteiger partial charge on any atom is 0.287 e. The minimum Gasteiger partial charge on any atom is -0.494 e. The fourth-order valence-electron chi connectivity index (χ4n) is 2.34. The van der Waals surface area contributed by atoms with Gasteiger partial charge in [-0.15, -0.1) is 0 Å². The first-order chi connectivity index (χ1) is 12.2. The molecular formula is C19H17ClN2O2S. The van der Waals surface area contributed by atoms with Crippen LogP contribution >= 0.6 is 23.4 Å². The van der Waals surface area contributed by atoms with Gasteiger partial charge in [0, 0.05) is 28.9 Å². The molecule has 2 aromatic carbocycles. The zero-order valence-electron chi connectivity index (χ0n) is 13.7. The molecule has 4 nitrogen and oxygen atoms in total. The first kappa shape index (κ1) is 17.6. The van der Waals surface area contributed by atoms with Crippen LogP contribution in [0.3, 0.4) is 0 Å². The molecule has 1 aromatic heterocycles. The van der Waals surface area contributed by atoms with Crippen molar-refractivity contribution in [3.63, 3.8) is 0 Å². The molecule has 0 radical (unpaired) electrons. The van der Waals surface area contributed by atoms with Gasteiger partial charge in [0.2, 0.25) is 0 Å². The van der Waals surface area contributed by atoms with E-state index in [1.165, 1.54) is 11.8 Å². The van der Waals surface area contributed by atoms with Crippen molar-refractivity contribution in [1.82, 2.24) is 9.55 Å². The number of ether oxygens (including phenoxy) is 1. The van der Waals surface area contributed by atoms with Crippen molar-refractivity contribution in [2.75, 3.05) is 6.61 Å². The maximum absolute atomic E-state index is 12.7. The lowest BCUT2D eigenvalue weighted by Gasteiger charge is -2.09. The van der Waals surface area contributed by atoms with E-state index in [9.17, 15) is 4.79 Å². The van der Waals surface area contributed by atoms with Crippen LogP contribution in [0, 0.1) is 0 Å². The van der Waals surface area contributed by atoms with Crippen LogP contribution in [0.2, 0.25) is 5.02 Å². The Morgan fingerprint density at radius 1 is 1.20 bits per heavy atom. The maximum atomic E-state index is 12.7. The van der Waals surface area contributed by atoms with Crippen LogP contribution in [-0.4, -0.2) is 16.2 Å².